The van der Waals surface area contributed by atoms with Gasteiger partial charge >= 0.3 is 0 Å². The number of rotatable bonds is 4. The molecule has 0 aromatic heterocycles. The lowest BCUT2D eigenvalue weighted by Gasteiger charge is -2.27. The molecule has 13 heavy (non-hydrogen) atoms. The van der Waals surface area contributed by atoms with Crippen molar-refractivity contribution >= 4 is 0 Å². The average molecular weight is 186 g/mol. The zero-order valence-electron chi connectivity index (χ0n) is 8.74. The van der Waals surface area contributed by atoms with Gasteiger partial charge in [-0.1, -0.05) is 6.42 Å². The summed E-state index contributed by atoms with van der Waals surface area (Å²) in [6.45, 7) is 3.31. The van der Waals surface area contributed by atoms with Gasteiger partial charge in [0.15, 0.2) is 0 Å². The average Bonchev–Trinajstić information content (AvgIpc) is 2.50. The first-order valence-electron chi connectivity index (χ1n) is 5.21. The van der Waals surface area contributed by atoms with Crippen LogP contribution in [0.5, 0.6) is 0 Å². The fourth-order valence-corrected chi connectivity index (χ4v) is 1.98. The van der Waals surface area contributed by atoms with Crippen LogP contribution in [0.25, 0.3) is 0 Å². The summed E-state index contributed by atoms with van der Waals surface area (Å²) in [4.78, 5) is 2.20. The predicted molar refractivity (Wildman–Crippen MR) is 54.5 cm³/mol. The highest BCUT2D eigenvalue weighted by molar-refractivity contribution is 4.82. The monoisotopic (exact) mass is 186 g/mol. The van der Waals surface area contributed by atoms with Crippen LogP contribution in [0.15, 0.2) is 0 Å². The highest BCUT2D eigenvalue weighted by Gasteiger charge is 2.25. The van der Waals surface area contributed by atoms with E-state index >= 15 is 0 Å². The van der Waals surface area contributed by atoms with Gasteiger partial charge in [-0.15, -0.1) is 0 Å². The molecule has 3 unspecified atom stereocenters. The normalized spacial score (nSPS) is 31.2. The van der Waals surface area contributed by atoms with E-state index in [0.29, 0.717) is 12.0 Å². The number of aliphatic hydroxyl groups excluding tert-OH is 1. The molecule has 78 valence electrons. The van der Waals surface area contributed by atoms with E-state index in [-0.39, 0.29) is 12.6 Å². The molecule has 1 rings (SSSR count). The summed E-state index contributed by atoms with van der Waals surface area (Å²) in [7, 11) is 2.06. The second-order valence-electron chi connectivity index (χ2n) is 4.33. The standard InChI is InChI=1S/C10H22N2O/c1-8(7-13)12(2)6-9-4-3-5-10(9)11/h8-10,13H,3-7,11H2,1-2H3. The van der Waals surface area contributed by atoms with E-state index in [1.165, 1.54) is 19.3 Å². The predicted octanol–water partition coefficient (Wildman–Crippen LogP) is 0.426. The molecule has 0 saturated heterocycles. The Morgan fingerprint density at radius 2 is 2.23 bits per heavy atom. The van der Waals surface area contributed by atoms with Crippen molar-refractivity contribution in [3.63, 3.8) is 0 Å². The van der Waals surface area contributed by atoms with Crippen molar-refractivity contribution in [3.05, 3.63) is 0 Å². The van der Waals surface area contributed by atoms with Gasteiger partial charge in [0.05, 0.1) is 6.61 Å². The van der Waals surface area contributed by atoms with E-state index in [9.17, 15) is 0 Å². The Kier molecular flexibility index (Phi) is 4.16. The zero-order chi connectivity index (χ0) is 9.84. The third kappa shape index (κ3) is 2.93. The molecule has 3 N–H and O–H groups in total. The van der Waals surface area contributed by atoms with E-state index in [2.05, 4.69) is 11.9 Å². The molecule has 0 heterocycles. The number of likely N-dealkylation sites (N-methyl/N-ethyl adjacent to an activating group) is 1. The molecule has 1 fully saturated rings. The van der Waals surface area contributed by atoms with Crippen LogP contribution in [0, 0.1) is 5.92 Å². The number of hydrogen-bond acceptors (Lipinski definition) is 3. The molecule has 3 atom stereocenters. The smallest absolute Gasteiger partial charge is 0.0584 e. The van der Waals surface area contributed by atoms with Crippen molar-refractivity contribution in [2.75, 3.05) is 20.2 Å². The lowest BCUT2D eigenvalue weighted by atomic mass is 10.0. The maximum absolute atomic E-state index is 8.97. The number of nitrogens with two attached hydrogens (primary N) is 1. The third-order valence-corrected chi connectivity index (χ3v) is 3.26. The molecule has 0 aromatic rings. The number of hydrogen-bond donors (Lipinski definition) is 2. The molecular formula is C10H22N2O. The highest BCUT2D eigenvalue weighted by Crippen LogP contribution is 2.24. The minimum absolute atomic E-state index is 0.235. The Bertz CT molecular complexity index is 152. The van der Waals surface area contributed by atoms with Crippen LogP contribution in [0.1, 0.15) is 26.2 Å². The van der Waals surface area contributed by atoms with Crippen molar-refractivity contribution in [3.8, 4) is 0 Å². The summed E-state index contributed by atoms with van der Waals surface area (Å²) >= 11 is 0. The largest absolute Gasteiger partial charge is 0.395 e. The maximum Gasteiger partial charge on any atom is 0.0584 e. The Labute approximate surface area is 80.9 Å². The summed E-state index contributed by atoms with van der Waals surface area (Å²) in [5, 5.41) is 8.97. The SMILES string of the molecule is CC(CO)N(C)CC1CCCC1N. The summed E-state index contributed by atoms with van der Waals surface area (Å²) < 4.78 is 0. The molecule has 0 spiro atoms. The molecule has 0 bridgehead atoms. The fraction of sp³-hybridized carbons (Fsp3) is 1.00. The van der Waals surface area contributed by atoms with Gasteiger partial charge < -0.3 is 15.7 Å². The van der Waals surface area contributed by atoms with Gasteiger partial charge in [-0.3, -0.25) is 0 Å². The topological polar surface area (TPSA) is 49.5 Å². The number of aliphatic hydroxyl groups is 1. The van der Waals surface area contributed by atoms with Gasteiger partial charge in [-0.25, -0.2) is 0 Å². The second-order valence-corrected chi connectivity index (χ2v) is 4.33. The maximum atomic E-state index is 8.97. The van der Waals surface area contributed by atoms with Crippen molar-refractivity contribution in [1.82, 2.24) is 4.90 Å². The van der Waals surface area contributed by atoms with Crippen LogP contribution in [-0.2, 0) is 0 Å². The molecule has 3 nitrogen and oxygen atoms in total. The van der Waals surface area contributed by atoms with Gasteiger partial charge in [0, 0.05) is 18.6 Å². The Balaban J connectivity index is 2.30. The molecular weight excluding hydrogens is 164 g/mol. The highest BCUT2D eigenvalue weighted by atomic mass is 16.3. The first kappa shape index (κ1) is 11.0. The lowest BCUT2D eigenvalue weighted by molar-refractivity contribution is 0.140. The van der Waals surface area contributed by atoms with Crippen LogP contribution >= 0.6 is 0 Å². The first-order chi connectivity index (χ1) is 6.15. The summed E-state index contributed by atoms with van der Waals surface area (Å²) in [5.74, 6) is 0.638. The Morgan fingerprint density at radius 3 is 2.69 bits per heavy atom. The first-order valence-corrected chi connectivity index (χ1v) is 5.21. The molecule has 0 amide bonds. The molecule has 0 aliphatic heterocycles. The summed E-state index contributed by atoms with van der Waals surface area (Å²) in [5.41, 5.74) is 5.98. The van der Waals surface area contributed by atoms with E-state index in [0.717, 1.165) is 6.54 Å². The van der Waals surface area contributed by atoms with Crippen LogP contribution < -0.4 is 5.73 Å². The van der Waals surface area contributed by atoms with Crippen LogP contribution in [0.4, 0.5) is 0 Å². The molecule has 1 aliphatic rings. The Hall–Kier alpha value is -0.120. The van der Waals surface area contributed by atoms with E-state index in [4.69, 9.17) is 10.8 Å². The van der Waals surface area contributed by atoms with Crippen LogP contribution in [0.2, 0.25) is 0 Å². The molecule has 3 heteroatoms. The van der Waals surface area contributed by atoms with Gasteiger partial charge in [0.2, 0.25) is 0 Å². The molecule has 0 radical (unpaired) electrons. The van der Waals surface area contributed by atoms with Crippen molar-refractivity contribution < 1.29 is 5.11 Å². The van der Waals surface area contributed by atoms with Gasteiger partial charge in [-0.05, 0) is 32.7 Å². The second kappa shape index (κ2) is 4.94. The van der Waals surface area contributed by atoms with Crippen molar-refractivity contribution in [2.24, 2.45) is 11.7 Å². The van der Waals surface area contributed by atoms with Gasteiger partial charge in [-0.2, -0.15) is 0 Å². The minimum atomic E-state index is 0.235. The number of nitrogens with zero attached hydrogens (tertiary/aromatic N) is 1. The summed E-state index contributed by atoms with van der Waals surface area (Å²) in [6.07, 6.45) is 3.70. The minimum Gasteiger partial charge on any atom is -0.395 e. The molecule has 0 aromatic carbocycles. The fourth-order valence-electron chi connectivity index (χ4n) is 1.98. The van der Waals surface area contributed by atoms with Crippen molar-refractivity contribution in [1.29, 1.82) is 0 Å². The van der Waals surface area contributed by atoms with E-state index in [1.807, 2.05) is 6.92 Å². The van der Waals surface area contributed by atoms with Crippen molar-refractivity contribution in [2.45, 2.75) is 38.3 Å². The zero-order valence-corrected chi connectivity index (χ0v) is 8.74. The summed E-state index contributed by atoms with van der Waals surface area (Å²) in [6, 6.07) is 0.640. The molecule has 1 aliphatic carbocycles. The van der Waals surface area contributed by atoms with Crippen LogP contribution in [0.3, 0.4) is 0 Å². The molecule has 1 saturated carbocycles. The Morgan fingerprint density at radius 1 is 1.54 bits per heavy atom. The lowest BCUT2D eigenvalue weighted by Crippen LogP contribution is -2.39. The van der Waals surface area contributed by atoms with Gasteiger partial charge in [0.1, 0.15) is 0 Å². The van der Waals surface area contributed by atoms with E-state index in [1.54, 1.807) is 0 Å². The van der Waals surface area contributed by atoms with E-state index < -0.39 is 0 Å². The third-order valence-electron chi connectivity index (χ3n) is 3.26. The van der Waals surface area contributed by atoms with Gasteiger partial charge in [0.25, 0.3) is 0 Å². The van der Waals surface area contributed by atoms with Crippen LogP contribution in [-0.4, -0.2) is 42.3 Å². The quantitative estimate of drug-likeness (QED) is 0.669.